The van der Waals surface area contributed by atoms with E-state index in [-0.39, 0.29) is 6.10 Å². The van der Waals surface area contributed by atoms with Crippen LogP contribution in [-0.4, -0.2) is 7.11 Å². The van der Waals surface area contributed by atoms with Crippen LogP contribution in [0.5, 0.6) is 11.5 Å². The molecule has 1 heterocycles. The van der Waals surface area contributed by atoms with Crippen molar-refractivity contribution in [2.45, 2.75) is 31.3 Å². The van der Waals surface area contributed by atoms with E-state index in [1.807, 2.05) is 6.07 Å². The molecule has 108 valence electrons. The lowest BCUT2D eigenvalue weighted by Gasteiger charge is -2.37. The lowest BCUT2D eigenvalue weighted by molar-refractivity contribution is 0.102. The van der Waals surface area contributed by atoms with Crippen molar-refractivity contribution in [3.8, 4) is 11.5 Å². The van der Waals surface area contributed by atoms with Gasteiger partial charge < -0.3 is 9.47 Å². The van der Waals surface area contributed by atoms with Gasteiger partial charge >= 0.3 is 0 Å². The molecule has 0 N–H and O–H groups in total. The highest BCUT2D eigenvalue weighted by atomic mass is 16.5. The third kappa shape index (κ3) is 2.01. The summed E-state index contributed by atoms with van der Waals surface area (Å²) in [7, 11) is 1.75. The van der Waals surface area contributed by atoms with Crippen LogP contribution in [0.15, 0.2) is 48.5 Å². The Balaban J connectivity index is 1.81. The van der Waals surface area contributed by atoms with Gasteiger partial charge in [0.15, 0.2) is 0 Å². The standard InChI is InChI=1S/C19H20O2/c1-20-16-11-6-12-17-18(16)14-9-5-10-15(14)19(21-17)13-7-3-2-4-8-13/h2-4,6-8,11-12,14-15,19H,5,9-10H2,1H3/t14-,15-,19-/m1/s1. The summed E-state index contributed by atoms with van der Waals surface area (Å²) in [5, 5.41) is 0. The molecule has 0 bridgehead atoms. The van der Waals surface area contributed by atoms with Gasteiger partial charge in [0.05, 0.1) is 7.11 Å². The minimum atomic E-state index is 0.179. The number of hydrogen-bond donors (Lipinski definition) is 0. The second-order valence-corrected chi connectivity index (χ2v) is 6.02. The number of benzene rings is 2. The summed E-state index contributed by atoms with van der Waals surface area (Å²) in [5.74, 6) is 3.12. The summed E-state index contributed by atoms with van der Waals surface area (Å²) in [6.07, 6.45) is 3.93. The first kappa shape index (κ1) is 12.8. The third-order valence-corrected chi connectivity index (χ3v) is 4.96. The van der Waals surface area contributed by atoms with E-state index < -0.39 is 0 Å². The number of fused-ring (bicyclic) bond motifs is 3. The first-order valence-corrected chi connectivity index (χ1v) is 7.77. The van der Waals surface area contributed by atoms with E-state index in [2.05, 4.69) is 42.5 Å². The molecule has 2 aliphatic rings. The molecule has 2 aromatic rings. The van der Waals surface area contributed by atoms with Crippen LogP contribution in [0.2, 0.25) is 0 Å². The summed E-state index contributed by atoms with van der Waals surface area (Å²) in [4.78, 5) is 0. The normalized spacial score (nSPS) is 26.6. The maximum atomic E-state index is 6.39. The highest BCUT2D eigenvalue weighted by molar-refractivity contribution is 5.50. The topological polar surface area (TPSA) is 18.5 Å². The van der Waals surface area contributed by atoms with Crippen LogP contribution in [0.25, 0.3) is 0 Å². The van der Waals surface area contributed by atoms with Crippen molar-refractivity contribution in [3.05, 3.63) is 59.7 Å². The van der Waals surface area contributed by atoms with Crippen LogP contribution in [-0.2, 0) is 0 Å². The van der Waals surface area contributed by atoms with Crippen molar-refractivity contribution >= 4 is 0 Å². The van der Waals surface area contributed by atoms with Crippen LogP contribution in [0, 0.1) is 5.92 Å². The smallest absolute Gasteiger partial charge is 0.127 e. The minimum absolute atomic E-state index is 0.179. The Bertz CT molecular complexity index is 635. The van der Waals surface area contributed by atoms with E-state index in [0.29, 0.717) is 11.8 Å². The second kappa shape index (κ2) is 5.10. The summed E-state index contributed by atoms with van der Waals surface area (Å²) >= 11 is 0. The molecule has 0 radical (unpaired) electrons. The van der Waals surface area contributed by atoms with Crippen LogP contribution >= 0.6 is 0 Å². The van der Waals surface area contributed by atoms with Gasteiger partial charge in [0.1, 0.15) is 17.6 Å². The molecule has 0 unspecified atom stereocenters. The predicted octanol–water partition coefficient (Wildman–Crippen LogP) is 4.71. The first-order valence-electron chi connectivity index (χ1n) is 7.77. The van der Waals surface area contributed by atoms with Gasteiger partial charge in [-0.15, -0.1) is 0 Å². The molecule has 0 aromatic heterocycles. The number of rotatable bonds is 2. The first-order chi connectivity index (χ1) is 10.4. The zero-order chi connectivity index (χ0) is 14.2. The largest absolute Gasteiger partial charge is 0.496 e. The molecule has 0 spiro atoms. The Morgan fingerprint density at radius 2 is 1.86 bits per heavy atom. The average Bonchev–Trinajstić information content (AvgIpc) is 3.03. The molecule has 0 saturated heterocycles. The second-order valence-electron chi connectivity index (χ2n) is 6.02. The van der Waals surface area contributed by atoms with Crippen LogP contribution in [0.1, 0.15) is 42.4 Å². The molecule has 0 amide bonds. The lowest BCUT2D eigenvalue weighted by atomic mass is 9.79. The van der Waals surface area contributed by atoms with E-state index in [9.17, 15) is 0 Å². The average molecular weight is 280 g/mol. The molecular formula is C19H20O2. The molecule has 4 rings (SSSR count). The van der Waals surface area contributed by atoms with Crippen molar-refractivity contribution in [1.82, 2.24) is 0 Å². The maximum absolute atomic E-state index is 6.39. The van der Waals surface area contributed by atoms with E-state index >= 15 is 0 Å². The monoisotopic (exact) mass is 280 g/mol. The van der Waals surface area contributed by atoms with Crippen LogP contribution in [0.4, 0.5) is 0 Å². The van der Waals surface area contributed by atoms with Gasteiger partial charge in [0.2, 0.25) is 0 Å². The minimum Gasteiger partial charge on any atom is -0.496 e. The number of hydrogen-bond acceptors (Lipinski definition) is 2. The summed E-state index contributed by atoms with van der Waals surface area (Å²) < 4.78 is 12.0. The van der Waals surface area contributed by atoms with Gasteiger partial charge in [0, 0.05) is 11.5 Å². The van der Waals surface area contributed by atoms with Gasteiger partial charge in [-0.1, -0.05) is 42.8 Å². The van der Waals surface area contributed by atoms with Crippen LogP contribution in [0.3, 0.4) is 0 Å². The lowest BCUT2D eigenvalue weighted by Crippen LogP contribution is -2.27. The van der Waals surface area contributed by atoms with E-state index in [0.717, 1.165) is 11.5 Å². The molecule has 21 heavy (non-hydrogen) atoms. The van der Waals surface area contributed by atoms with Gasteiger partial charge in [-0.05, 0) is 36.5 Å². The van der Waals surface area contributed by atoms with E-state index in [1.54, 1.807) is 7.11 Å². The molecule has 1 fully saturated rings. The van der Waals surface area contributed by atoms with E-state index in [1.165, 1.54) is 30.4 Å². The summed E-state index contributed by atoms with van der Waals surface area (Å²) in [5.41, 5.74) is 2.58. The highest BCUT2D eigenvalue weighted by Gasteiger charge is 2.43. The number of ether oxygens (including phenoxy) is 2. The molecule has 2 nitrogen and oxygen atoms in total. The molecular weight excluding hydrogens is 260 g/mol. The molecule has 3 atom stereocenters. The van der Waals surface area contributed by atoms with Crippen molar-refractivity contribution in [1.29, 1.82) is 0 Å². The third-order valence-electron chi connectivity index (χ3n) is 4.96. The fraction of sp³-hybridized carbons (Fsp3) is 0.368. The zero-order valence-corrected chi connectivity index (χ0v) is 12.3. The maximum Gasteiger partial charge on any atom is 0.127 e. The summed E-state index contributed by atoms with van der Waals surface area (Å²) in [6, 6.07) is 16.8. The quantitative estimate of drug-likeness (QED) is 0.793. The fourth-order valence-corrected chi connectivity index (χ4v) is 4.06. The molecule has 2 heteroatoms. The molecule has 1 saturated carbocycles. The summed E-state index contributed by atoms with van der Waals surface area (Å²) in [6.45, 7) is 0. The fourth-order valence-electron chi connectivity index (χ4n) is 4.06. The van der Waals surface area contributed by atoms with Crippen LogP contribution < -0.4 is 9.47 Å². The molecule has 1 aliphatic carbocycles. The predicted molar refractivity (Wildman–Crippen MR) is 82.9 cm³/mol. The molecule has 2 aromatic carbocycles. The van der Waals surface area contributed by atoms with Gasteiger partial charge in [-0.2, -0.15) is 0 Å². The zero-order valence-electron chi connectivity index (χ0n) is 12.3. The van der Waals surface area contributed by atoms with Gasteiger partial charge in [-0.3, -0.25) is 0 Å². The van der Waals surface area contributed by atoms with Gasteiger partial charge in [-0.25, -0.2) is 0 Å². The van der Waals surface area contributed by atoms with Crippen molar-refractivity contribution < 1.29 is 9.47 Å². The Morgan fingerprint density at radius 1 is 1.00 bits per heavy atom. The highest BCUT2D eigenvalue weighted by Crippen LogP contribution is 2.56. The van der Waals surface area contributed by atoms with Crippen molar-refractivity contribution in [2.75, 3.05) is 7.11 Å². The Kier molecular flexibility index (Phi) is 3.10. The van der Waals surface area contributed by atoms with Crippen molar-refractivity contribution in [3.63, 3.8) is 0 Å². The Labute approximate surface area is 125 Å². The SMILES string of the molecule is COc1cccc2c1[C@@H]1CCC[C@H]1[C@@H](c1ccccc1)O2. The molecule has 1 aliphatic heterocycles. The van der Waals surface area contributed by atoms with Crippen molar-refractivity contribution in [2.24, 2.45) is 5.92 Å². The van der Waals surface area contributed by atoms with E-state index in [4.69, 9.17) is 9.47 Å². The Hall–Kier alpha value is -1.96. The Morgan fingerprint density at radius 3 is 2.67 bits per heavy atom. The van der Waals surface area contributed by atoms with Gasteiger partial charge in [0.25, 0.3) is 0 Å². The number of methoxy groups -OCH3 is 1.